The Balaban J connectivity index is 0. The molecule has 0 aliphatic rings. The van der Waals surface area contributed by atoms with Crippen LogP contribution in [0.25, 0.3) is 0 Å². The van der Waals surface area contributed by atoms with E-state index < -0.39 is 5.69 Å². The Bertz CT molecular complexity index is 216. The molecule has 0 saturated carbocycles. The Kier molecular flexibility index (Phi) is 16.0. The van der Waals surface area contributed by atoms with Crippen LogP contribution < -0.4 is 9.79 Å². The molecule has 7 heteroatoms. The third-order valence-electron chi connectivity index (χ3n) is 2.34. The van der Waals surface area contributed by atoms with Crippen LogP contribution in [0.3, 0.4) is 0 Å². The van der Waals surface area contributed by atoms with E-state index in [9.17, 15) is 9.79 Å². The smallest absolute Gasteiger partial charge is 0.825 e. The zero-order valence-electron chi connectivity index (χ0n) is 10.4. The zero-order chi connectivity index (χ0) is 12.4. The van der Waals surface area contributed by atoms with Gasteiger partial charge in [-0.1, -0.05) is 39.0 Å². The topological polar surface area (TPSA) is 46.1 Å². The van der Waals surface area contributed by atoms with Crippen molar-refractivity contribution < 1.29 is 29.3 Å². The van der Waals surface area contributed by atoms with Gasteiger partial charge in [0, 0.05) is 11.1 Å². The summed E-state index contributed by atoms with van der Waals surface area (Å²) >= 11 is 11.0. The van der Waals surface area contributed by atoms with Crippen LogP contribution in [0.4, 0.5) is 0 Å². The largest absolute Gasteiger partial charge is 2.00 e. The van der Waals surface area contributed by atoms with Gasteiger partial charge >= 0.3 is 19.5 Å². The van der Waals surface area contributed by atoms with Crippen molar-refractivity contribution in [3.63, 3.8) is 0 Å². The van der Waals surface area contributed by atoms with Crippen molar-refractivity contribution in [2.45, 2.75) is 57.1 Å². The minimum Gasteiger partial charge on any atom is -0.825 e. The molecule has 1 unspecified atom stereocenters. The van der Waals surface area contributed by atoms with Crippen LogP contribution in [0.15, 0.2) is 0 Å². The molecule has 0 aromatic heterocycles. The van der Waals surface area contributed by atoms with Gasteiger partial charge in [-0.05, 0) is 12.8 Å². The first-order valence-corrected chi connectivity index (χ1v) is 10.4. The van der Waals surface area contributed by atoms with E-state index in [1.807, 2.05) is 0 Å². The molecule has 0 radical (unpaired) electrons. The summed E-state index contributed by atoms with van der Waals surface area (Å²) in [6, 6.07) is 0. The van der Waals surface area contributed by atoms with Crippen molar-refractivity contribution in [2.24, 2.45) is 0 Å². The monoisotopic (exact) mass is 366 g/mol. The molecule has 0 N–H and O–H groups in total. The summed E-state index contributed by atoms with van der Waals surface area (Å²) in [5.41, 5.74) is -3.62. The van der Waals surface area contributed by atoms with Gasteiger partial charge in [0.2, 0.25) is 0 Å². The second-order valence-corrected chi connectivity index (χ2v) is 10.2. The third-order valence-corrected chi connectivity index (χ3v) is 6.03. The second kappa shape index (κ2) is 12.8. The van der Waals surface area contributed by atoms with Gasteiger partial charge in [0.15, 0.2) is 0 Å². The van der Waals surface area contributed by atoms with Gasteiger partial charge in [-0.25, -0.2) is 0 Å². The Morgan fingerprint density at radius 1 is 1.18 bits per heavy atom. The van der Waals surface area contributed by atoms with Crippen LogP contribution in [0.5, 0.6) is 0 Å². The first-order chi connectivity index (χ1) is 7.49. The number of hydrogen-bond donors (Lipinski definition) is 0. The third kappa shape index (κ3) is 15.8. The average molecular weight is 368 g/mol. The average Bonchev–Trinajstić information content (AvgIpc) is 2.15. The molecular weight excluding hydrogens is 348 g/mol. The Morgan fingerprint density at radius 2 is 1.76 bits per heavy atom. The molecule has 0 fully saturated rings. The van der Waals surface area contributed by atoms with Crippen molar-refractivity contribution in [1.82, 2.24) is 0 Å². The molecule has 1 atom stereocenters. The van der Waals surface area contributed by atoms with Gasteiger partial charge in [-0.2, -0.15) is 17.1 Å². The Hall–Kier alpha value is 1.83. The fourth-order valence-electron chi connectivity index (χ4n) is 1.53. The molecule has 0 aromatic carbocycles. The summed E-state index contributed by atoms with van der Waals surface area (Å²) in [6.07, 6.45) is 7.60. The van der Waals surface area contributed by atoms with Gasteiger partial charge in [0.25, 0.3) is 0 Å². The maximum atomic E-state index is 11.0. The van der Waals surface area contributed by atoms with Crippen LogP contribution in [0.1, 0.15) is 51.9 Å². The number of alkyl halides is 1. The van der Waals surface area contributed by atoms with E-state index in [0.29, 0.717) is 5.88 Å². The predicted octanol–water partition coefficient (Wildman–Crippen LogP) is 3.02. The van der Waals surface area contributed by atoms with Crippen LogP contribution in [0, 0.1) is 0 Å². The van der Waals surface area contributed by atoms with E-state index in [1.54, 1.807) is 0 Å². The van der Waals surface area contributed by atoms with Gasteiger partial charge in [0.1, 0.15) is 0 Å². The van der Waals surface area contributed by atoms with Crippen molar-refractivity contribution in [1.29, 1.82) is 0 Å². The first kappa shape index (κ1) is 21.1. The summed E-state index contributed by atoms with van der Waals surface area (Å²) in [7, 11) is 0. The summed E-state index contributed by atoms with van der Waals surface area (Å²) in [4.78, 5) is 22.0. The van der Waals surface area contributed by atoms with E-state index in [4.69, 9.17) is 11.6 Å². The quantitative estimate of drug-likeness (QED) is 0.257. The van der Waals surface area contributed by atoms with Gasteiger partial charge < -0.3 is 9.79 Å². The summed E-state index contributed by atoms with van der Waals surface area (Å²) in [6.45, 7) is 2.18. The molecule has 0 heterocycles. The van der Waals surface area contributed by atoms with E-state index >= 15 is 0 Å². The van der Waals surface area contributed by atoms with E-state index in [2.05, 4.69) is 18.7 Å². The number of rotatable bonds is 10. The normalized spacial score (nSPS) is 13.2. The van der Waals surface area contributed by atoms with Crippen LogP contribution in [-0.4, -0.2) is 11.1 Å². The molecule has 98 valence electrons. The molecule has 17 heavy (non-hydrogen) atoms. The van der Waals surface area contributed by atoms with Crippen molar-refractivity contribution in [3.8, 4) is 0 Å². The predicted molar refractivity (Wildman–Crippen MR) is 74.4 cm³/mol. The van der Waals surface area contributed by atoms with Crippen molar-refractivity contribution in [2.75, 3.05) is 5.88 Å². The number of unbranched alkanes of at least 4 members (excludes halogenated alkanes) is 4. The molecular formula is C10H20ClO2PS2Zn. The summed E-state index contributed by atoms with van der Waals surface area (Å²) in [5, 5.41) is 0.0833. The fraction of sp³-hybridized carbons (Fsp3) is 1.00. The van der Waals surface area contributed by atoms with Crippen molar-refractivity contribution >= 4 is 40.5 Å². The fourth-order valence-corrected chi connectivity index (χ4v) is 5.61. The molecule has 2 nitrogen and oxygen atoms in total. The molecule has 0 spiro atoms. The molecule has 0 amide bonds. The van der Waals surface area contributed by atoms with Crippen LogP contribution in [0.2, 0.25) is 0 Å². The molecule has 0 saturated heterocycles. The molecule has 0 bridgehead atoms. The Labute approximate surface area is 132 Å². The number of halogens is 1. The van der Waals surface area contributed by atoms with Crippen LogP contribution in [-0.2, 0) is 31.3 Å². The maximum Gasteiger partial charge on any atom is 2.00 e. The van der Waals surface area contributed by atoms with Gasteiger partial charge in [-0.3, -0.25) is 0 Å². The minimum absolute atomic E-state index is 0. The maximum absolute atomic E-state index is 11.0. The van der Waals surface area contributed by atoms with Gasteiger partial charge in [-0.15, -0.1) is 23.4 Å². The standard InChI is InChI=1S/C10H22ClO2PS2.Zn/c1-2-3-4-5-6-7-10(8-9-11)16-14(12,13)15;/h10H,2-9H2,1H3,(H2,12,13,15);/q;+2/p-2. The summed E-state index contributed by atoms with van der Waals surface area (Å²) < 4.78 is 0. The summed E-state index contributed by atoms with van der Waals surface area (Å²) in [5.74, 6) is 0.502. The molecule has 0 aromatic rings. The molecule has 0 aliphatic heterocycles. The zero-order valence-corrected chi connectivity index (χ0v) is 16.6. The van der Waals surface area contributed by atoms with Crippen LogP contribution >= 0.6 is 28.7 Å². The Morgan fingerprint density at radius 3 is 2.24 bits per heavy atom. The minimum atomic E-state index is -3.62. The second-order valence-electron chi connectivity index (χ2n) is 3.86. The van der Waals surface area contributed by atoms with E-state index in [1.165, 1.54) is 25.7 Å². The van der Waals surface area contributed by atoms with E-state index in [-0.39, 0.29) is 24.7 Å². The molecule has 0 rings (SSSR count). The number of hydrogen-bond acceptors (Lipinski definition) is 4. The molecule has 0 aliphatic carbocycles. The van der Waals surface area contributed by atoms with Crippen molar-refractivity contribution in [3.05, 3.63) is 0 Å². The van der Waals surface area contributed by atoms with Gasteiger partial charge in [0.05, 0.1) is 0 Å². The SMILES string of the molecule is CCCCCCCC(CCCl)SP([O-])([O-])=S.[Zn+2]. The van der Waals surface area contributed by atoms with E-state index in [0.717, 1.165) is 30.6 Å². The first-order valence-electron chi connectivity index (χ1n) is 5.76.